The van der Waals surface area contributed by atoms with Crippen molar-refractivity contribution in [2.75, 3.05) is 19.1 Å². The standard InChI is InChI=1S/C5H12ClNO/c1-3-7(8,4-2)5-6/h3-5H2,1-2H3. The van der Waals surface area contributed by atoms with Gasteiger partial charge >= 0.3 is 0 Å². The molecule has 50 valence electrons. The van der Waals surface area contributed by atoms with E-state index in [1.54, 1.807) is 0 Å². The van der Waals surface area contributed by atoms with Crippen molar-refractivity contribution in [2.24, 2.45) is 0 Å². The van der Waals surface area contributed by atoms with E-state index in [4.69, 9.17) is 11.6 Å². The minimum atomic E-state index is -0.276. The Balaban J connectivity index is 3.58. The van der Waals surface area contributed by atoms with Crippen molar-refractivity contribution in [1.29, 1.82) is 0 Å². The molecule has 0 amide bonds. The summed E-state index contributed by atoms with van der Waals surface area (Å²) in [6, 6.07) is 0.174. The lowest BCUT2D eigenvalue weighted by Crippen LogP contribution is -2.40. The van der Waals surface area contributed by atoms with Gasteiger partial charge in [-0.2, -0.15) is 0 Å². The molecule has 0 heterocycles. The molecular weight excluding hydrogens is 126 g/mol. The monoisotopic (exact) mass is 137 g/mol. The Bertz CT molecular complexity index is 55.2. The topological polar surface area (TPSA) is 23.1 Å². The molecule has 0 saturated carbocycles. The molecule has 0 aromatic carbocycles. The van der Waals surface area contributed by atoms with Gasteiger partial charge in [0.25, 0.3) is 0 Å². The van der Waals surface area contributed by atoms with Crippen LogP contribution in [0.2, 0.25) is 0 Å². The van der Waals surface area contributed by atoms with Crippen LogP contribution in [0.3, 0.4) is 0 Å². The maximum absolute atomic E-state index is 11.0. The van der Waals surface area contributed by atoms with Gasteiger partial charge in [-0.05, 0) is 13.8 Å². The van der Waals surface area contributed by atoms with Crippen molar-refractivity contribution in [1.82, 2.24) is 0 Å². The van der Waals surface area contributed by atoms with E-state index in [1.807, 2.05) is 13.8 Å². The molecule has 0 fully saturated rings. The van der Waals surface area contributed by atoms with Gasteiger partial charge in [-0.3, -0.25) is 0 Å². The van der Waals surface area contributed by atoms with Crippen LogP contribution in [0.25, 0.3) is 0 Å². The molecule has 0 aliphatic heterocycles. The van der Waals surface area contributed by atoms with Crippen molar-refractivity contribution >= 4 is 11.6 Å². The van der Waals surface area contributed by atoms with Crippen LogP contribution in [-0.4, -0.2) is 23.7 Å². The molecule has 0 aliphatic carbocycles. The largest absolute Gasteiger partial charge is 0.632 e. The Morgan fingerprint density at radius 3 is 1.75 bits per heavy atom. The molecule has 0 rings (SSSR count). The van der Waals surface area contributed by atoms with Crippen LogP contribution in [-0.2, 0) is 0 Å². The number of nitrogens with zero attached hydrogens (tertiary/aromatic N) is 1. The van der Waals surface area contributed by atoms with Crippen LogP contribution in [0.1, 0.15) is 13.8 Å². The van der Waals surface area contributed by atoms with Crippen molar-refractivity contribution < 1.29 is 4.65 Å². The maximum Gasteiger partial charge on any atom is 0.154 e. The average molecular weight is 138 g/mol. The van der Waals surface area contributed by atoms with E-state index in [0.717, 1.165) is 0 Å². The molecule has 0 aromatic rings. The van der Waals surface area contributed by atoms with Gasteiger partial charge in [0.1, 0.15) is 0 Å². The zero-order chi connectivity index (χ0) is 6.62. The first-order chi connectivity index (χ1) is 3.68. The Labute approximate surface area is 55.2 Å². The summed E-state index contributed by atoms with van der Waals surface area (Å²) in [6.45, 7) is 4.83. The highest BCUT2D eigenvalue weighted by Crippen LogP contribution is 2.03. The summed E-state index contributed by atoms with van der Waals surface area (Å²) < 4.78 is -0.276. The second-order valence-corrected chi connectivity index (χ2v) is 2.05. The van der Waals surface area contributed by atoms with E-state index in [1.165, 1.54) is 0 Å². The first-order valence-corrected chi connectivity index (χ1v) is 3.35. The van der Waals surface area contributed by atoms with E-state index < -0.39 is 0 Å². The lowest BCUT2D eigenvalue weighted by atomic mass is 10.5. The normalized spacial score (nSPS) is 12.0. The fourth-order valence-corrected chi connectivity index (χ4v) is 0.731. The summed E-state index contributed by atoms with van der Waals surface area (Å²) in [5.74, 6) is 0. The van der Waals surface area contributed by atoms with Crippen LogP contribution < -0.4 is 0 Å². The number of hydrogen-bond donors (Lipinski definition) is 0. The van der Waals surface area contributed by atoms with Gasteiger partial charge < -0.3 is 9.85 Å². The minimum Gasteiger partial charge on any atom is -0.632 e. The van der Waals surface area contributed by atoms with Crippen molar-refractivity contribution in [3.05, 3.63) is 5.21 Å². The van der Waals surface area contributed by atoms with E-state index in [0.29, 0.717) is 13.1 Å². The van der Waals surface area contributed by atoms with E-state index >= 15 is 0 Å². The predicted octanol–water partition coefficient (Wildman–Crippen LogP) is 1.54. The molecule has 8 heavy (non-hydrogen) atoms. The van der Waals surface area contributed by atoms with Gasteiger partial charge in [0, 0.05) is 0 Å². The minimum absolute atomic E-state index is 0.174. The summed E-state index contributed by atoms with van der Waals surface area (Å²) in [6.07, 6.45) is 0. The average Bonchev–Trinajstić information content (AvgIpc) is 1.87. The maximum atomic E-state index is 11.0. The molecule has 3 heteroatoms. The quantitative estimate of drug-likeness (QED) is 0.251. The van der Waals surface area contributed by atoms with Gasteiger partial charge in [-0.15, -0.1) is 0 Å². The van der Waals surface area contributed by atoms with E-state index in [2.05, 4.69) is 0 Å². The molecule has 0 aromatic heterocycles. The number of alkyl halides is 1. The smallest absolute Gasteiger partial charge is 0.154 e. The molecule has 0 unspecified atom stereocenters. The van der Waals surface area contributed by atoms with Gasteiger partial charge in [-0.25, -0.2) is 0 Å². The molecule has 0 spiro atoms. The van der Waals surface area contributed by atoms with Gasteiger partial charge in [0.2, 0.25) is 0 Å². The highest BCUT2D eigenvalue weighted by atomic mass is 35.5. The highest BCUT2D eigenvalue weighted by molar-refractivity contribution is 6.17. The van der Waals surface area contributed by atoms with Crippen molar-refractivity contribution in [3.8, 4) is 0 Å². The van der Waals surface area contributed by atoms with Crippen LogP contribution in [0.5, 0.6) is 0 Å². The zero-order valence-corrected chi connectivity index (χ0v) is 6.11. The summed E-state index contributed by atoms with van der Waals surface area (Å²) >= 11 is 5.37. The van der Waals surface area contributed by atoms with Crippen LogP contribution >= 0.6 is 11.6 Å². The van der Waals surface area contributed by atoms with Gasteiger partial charge in [0.15, 0.2) is 6.00 Å². The summed E-state index contributed by atoms with van der Waals surface area (Å²) in [4.78, 5) is 0. The van der Waals surface area contributed by atoms with E-state index in [-0.39, 0.29) is 10.7 Å². The molecule has 0 bridgehead atoms. The molecule has 0 saturated heterocycles. The zero-order valence-electron chi connectivity index (χ0n) is 5.35. The fraction of sp³-hybridized carbons (Fsp3) is 1.00. The molecule has 0 N–H and O–H groups in total. The Morgan fingerprint density at radius 1 is 1.38 bits per heavy atom. The van der Waals surface area contributed by atoms with E-state index in [9.17, 15) is 5.21 Å². The molecular formula is C5H12ClNO. The third-order valence-electron chi connectivity index (χ3n) is 1.37. The van der Waals surface area contributed by atoms with Crippen LogP contribution in [0.4, 0.5) is 0 Å². The lowest BCUT2D eigenvalue weighted by molar-refractivity contribution is -0.865. The first-order valence-electron chi connectivity index (χ1n) is 2.81. The number of hydroxylamine groups is 3. The summed E-state index contributed by atoms with van der Waals surface area (Å²) in [5.41, 5.74) is 0. The Hall–Kier alpha value is 0.210. The third-order valence-corrected chi connectivity index (χ3v) is 1.81. The number of halogens is 1. The second-order valence-electron chi connectivity index (χ2n) is 1.81. The Morgan fingerprint density at radius 2 is 1.75 bits per heavy atom. The molecule has 0 atom stereocenters. The first kappa shape index (κ1) is 8.21. The number of rotatable bonds is 3. The van der Waals surface area contributed by atoms with Crippen molar-refractivity contribution in [3.63, 3.8) is 0 Å². The van der Waals surface area contributed by atoms with Crippen LogP contribution in [0, 0.1) is 5.21 Å². The van der Waals surface area contributed by atoms with Crippen molar-refractivity contribution in [2.45, 2.75) is 13.8 Å². The number of hydrogen-bond acceptors (Lipinski definition) is 1. The fourth-order valence-electron chi connectivity index (χ4n) is 0.393. The van der Waals surface area contributed by atoms with Crippen LogP contribution in [0.15, 0.2) is 0 Å². The third kappa shape index (κ3) is 1.99. The van der Waals surface area contributed by atoms with Gasteiger partial charge in [0.05, 0.1) is 13.1 Å². The SMILES string of the molecule is CC[N+]([O-])(CC)CCl. The predicted molar refractivity (Wildman–Crippen MR) is 35.4 cm³/mol. The highest BCUT2D eigenvalue weighted by Gasteiger charge is 2.06. The number of quaternary nitrogens is 1. The lowest BCUT2D eigenvalue weighted by Gasteiger charge is -2.38. The molecule has 2 nitrogen and oxygen atoms in total. The summed E-state index contributed by atoms with van der Waals surface area (Å²) in [7, 11) is 0. The molecule has 0 radical (unpaired) electrons. The summed E-state index contributed by atoms with van der Waals surface area (Å²) in [5, 5.41) is 11.0. The Kier molecular flexibility index (Phi) is 3.36. The second kappa shape index (κ2) is 3.28. The van der Waals surface area contributed by atoms with Gasteiger partial charge in [-0.1, -0.05) is 11.6 Å². The molecule has 0 aliphatic rings.